The molecule has 0 radical (unpaired) electrons. The Morgan fingerprint density at radius 1 is 1.25 bits per heavy atom. The van der Waals surface area contributed by atoms with Gasteiger partial charge in [-0.2, -0.15) is 0 Å². The zero-order chi connectivity index (χ0) is 14.7. The van der Waals surface area contributed by atoms with E-state index >= 15 is 0 Å². The van der Waals surface area contributed by atoms with Crippen molar-refractivity contribution in [3.8, 4) is 0 Å². The third-order valence-corrected chi connectivity index (χ3v) is 4.86. The van der Waals surface area contributed by atoms with E-state index in [9.17, 15) is 9.18 Å². The number of halogens is 1. The van der Waals surface area contributed by atoms with Gasteiger partial charge in [0.05, 0.1) is 11.2 Å². The van der Waals surface area contributed by atoms with E-state index in [1.165, 1.54) is 0 Å². The van der Waals surface area contributed by atoms with Gasteiger partial charge in [-0.05, 0) is 47.0 Å². The van der Waals surface area contributed by atoms with E-state index in [2.05, 4.69) is 0 Å². The minimum absolute atomic E-state index is 0.181. The Bertz CT molecular complexity index is 469. The van der Waals surface area contributed by atoms with Gasteiger partial charge in [0, 0.05) is 18.2 Å². The molecule has 3 rings (SSSR count). The Hall–Kier alpha value is -0.875. The van der Waals surface area contributed by atoms with Crippen LogP contribution in [0.25, 0.3) is 0 Å². The van der Waals surface area contributed by atoms with Crippen LogP contribution in [0, 0.1) is 0 Å². The molecule has 0 atom stereocenters. The molecule has 20 heavy (non-hydrogen) atoms. The molecule has 3 aliphatic rings. The van der Waals surface area contributed by atoms with Crippen LogP contribution in [0.5, 0.6) is 0 Å². The minimum atomic E-state index is -1.06. The highest BCUT2D eigenvalue weighted by Gasteiger charge is 2.54. The van der Waals surface area contributed by atoms with Gasteiger partial charge in [-0.3, -0.25) is 4.79 Å². The van der Waals surface area contributed by atoms with Crippen molar-refractivity contribution in [3.05, 3.63) is 11.3 Å². The van der Waals surface area contributed by atoms with Crippen molar-refractivity contribution in [3.63, 3.8) is 0 Å². The molecule has 1 amide bonds. The Labute approximate surface area is 119 Å². The highest BCUT2D eigenvalue weighted by molar-refractivity contribution is 6.54. The van der Waals surface area contributed by atoms with Gasteiger partial charge in [0.2, 0.25) is 0 Å². The van der Waals surface area contributed by atoms with E-state index in [1.807, 2.05) is 27.7 Å². The first-order chi connectivity index (χ1) is 9.23. The molecule has 0 aromatic rings. The molecule has 0 unspecified atom stereocenters. The van der Waals surface area contributed by atoms with Gasteiger partial charge in [-0.25, -0.2) is 4.39 Å². The summed E-state index contributed by atoms with van der Waals surface area (Å²) < 4.78 is 25.9. The summed E-state index contributed by atoms with van der Waals surface area (Å²) in [6.45, 7) is 8.11. The monoisotopic (exact) mass is 281 g/mol. The van der Waals surface area contributed by atoms with E-state index in [0.29, 0.717) is 19.0 Å². The number of hydrogen-bond acceptors (Lipinski definition) is 3. The zero-order valence-corrected chi connectivity index (χ0v) is 12.5. The standard InChI is InChI=1S/C14H21BFNO3/c1-13(2)14(3,4)20-15(19-13)11(16)10-7-8-17(12(10)18)9-5-6-9/h9H,5-8H2,1-4H3. The molecule has 2 saturated heterocycles. The van der Waals surface area contributed by atoms with Crippen molar-refractivity contribution in [1.82, 2.24) is 4.90 Å². The van der Waals surface area contributed by atoms with Crippen LogP contribution in [0.15, 0.2) is 11.3 Å². The summed E-state index contributed by atoms with van der Waals surface area (Å²) in [5.74, 6) is -0.181. The number of carbonyl (C=O) groups is 1. The summed E-state index contributed by atoms with van der Waals surface area (Å²) in [7, 11) is -1.06. The first kappa shape index (κ1) is 14.1. The number of nitrogens with zero attached hydrogens (tertiary/aromatic N) is 1. The maximum atomic E-state index is 14.6. The summed E-state index contributed by atoms with van der Waals surface area (Å²) in [5, 5.41) is 0. The number of rotatable bonds is 2. The molecule has 2 heterocycles. The lowest BCUT2D eigenvalue weighted by molar-refractivity contribution is -0.125. The normalized spacial score (nSPS) is 31.1. The van der Waals surface area contributed by atoms with Crippen LogP contribution in [0.3, 0.4) is 0 Å². The van der Waals surface area contributed by atoms with Gasteiger partial charge < -0.3 is 14.2 Å². The van der Waals surface area contributed by atoms with Crippen molar-refractivity contribution >= 4 is 13.0 Å². The minimum Gasteiger partial charge on any atom is -0.398 e. The summed E-state index contributed by atoms with van der Waals surface area (Å²) in [6.07, 6.45) is 2.53. The van der Waals surface area contributed by atoms with Crippen LogP contribution in [-0.4, -0.2) is 41.7 Å². The van der Waals surface area contributed by atoms with Gasteiger partial charge in [-0.1, -0.05) is 0 Å². The lowest BCUT2D eigenvalue weighted by Crippen LogP contribution is -2.41. The third-order valence-electron chi connectivity index (χ3n) is 4.86. The van der Waals surface area contributed by atoms with Crippen molar-refractivity contribution in [2.45, 2.75) is 64.2 Å². The highest BCUT2D eigenvalue weighted by Crippen LogP contribution is 2.41. The smallest absolute Gasteiger partial charge is 0.398 e. The molecule has 3 fully saturated rings. The fraction of sp³-hybridized carbons (Fsp3) is 0.786. The average Bonchev–Trinajstić information content (AvgIpc) is 3.06. The van der Waals surface area contributed by atoms with E-state index in [-0.39, 0.29) is 11.5 Å². The summed E-state index contributed by atoms with van der Waals surface area (Å²) in [5.41, 5.74) is -1.49. The van der Waals surface area contributed by atoms with Gasteiger partial charge in [-0.15, -0.1) is 0 Å². The molecule has 1 saturated carbocycles. The average molecular weight is 281 g/mol. The van der Waals surface area contributed by atoms with Crippen molar-refractivity contribution in [1.29, 1.82) is 0 Å². The first-order valence-corrected chi connectivity index (χ1v) is 7.28. The quantitative estimate of drug-likeness (QED) is 0.575. The maximum absolute atomic E-state index is 14.6. The van der Waals surface area contributed by atoms with Crippen molar-refractivity contribution in [2.75, 3.05) is 6.54 Å². The van der Waals surface area contributed by atoms with Crippen molar-refractivity contribution < 1.29 is 18.5 Å². The van der Waals surface area contributed by atoms with E-state index in [1.54, 1.807) is 4.90 Å². The molecule has 0 spiro atoms. The number of hydrogen-bond donors (Lipinski definition) is 0. The van der Waals surface area contributed by atoms with Crippen LogP contribution in [0.4, 0.5) is 4.39 Å². The van der Waals surface area contributed by atoms with Gasteiger partial charge >= 0.3 is 7.12 Å². The topological polar surface area (TPSA) is 38.8 Å². The fourth-order valence-corrected chi connectivity index (χ4v) is 2.66. The molecular formula is C14H21BFNO3. The fourth-order valence-electron chi connectivity index (χ4n) is 2.66. The second-order valence-corrected chi connectivity index (χ2v) is 6.89. The molecule has 0 aromatic heterocycles. The van der Waals surface area contributed by atoms with Crippen LogP contribution >= 0.6 is 0 Å². The predicted octanol–water partition coefficient (Wildman–Crippen LogP) is 2.24. The van der Waals surface area contributed by atoms with Gasteiger partial charge in [0.25, 0.3) is 5.91 Å². The Kier molecular flexibility index (Phi) is 3.03. The largest absolute Gasteiger partial charge is 0.525 e. The van der Waals surface area contributed by atoms with E-state index in [4.69, 9.17) is 9.31 Å². The number of likely N-dealkylation sites (tertiary alicyclic amines) is 1. The summed E-state index contributed by atoms with van der Waals surface area (Å²) >= 11 is 0. The molecule has 2 aliphatic heterocycles. The molecule has 110 valence electrons. The lowest BCUT2D eigenvalue weighted by Gasteiger charge is -2.32. The van der Waals surface area contributed by atoms with Crippen LogP contribution in [0.2, 0.25) is 0 Å². The lowest BCUT2D eigenvalue weighted by atomic mass is 9.84. The van der Waals surface area contributed by atoms with Crippen LogP contribution in [0.1, 0.15) is 47.0 Å². The van der Waals surface area contributed by atoms with E-state index in [0.717, 1.165) is 12.8 Å². The first-order valence-electron chi connectivity index (χ1n) is 7.28. The molecule has 0 bridgehead atoms. The second-order valence-electron chi connectivity index (χ2n) is 6.89. The second kappa shape index (κ2) is 4.31. The molecule has 0 N–H and O–H groups in total. The molecule has 0 aromatic carbocycles. The Morgan fingerprint density at radius 3 is 2.30 bits per heavy atom. The number of amides is 1. The molecule has 1 aliphatic carbocycles. The SMILES string of the molecule is CC1(C)OB(C(F)=C2CCN(C3CC3)C2=O)OC1(C)C. The molecule has 6 heteroatoms. The van der Waals surface area contributed by atoms with Crippen molar-refractivity contribution in [2.24, 2.45) is 0 Å². The molecular weight excluding hydrogens is 260 g/mol. The predicted molar refractivity (Wildman–Crippen MR) is 73.6 cm³/mol. The summed E-state index contributed by atoms with van der Waals surface area (Å²) in [6, 6.07) is 0.325. The zero-order valence-electron chi connectivity index (χ0n) is 12.5. The molecule has 4 nitrogen and oxygen atoms in total. The highest BCUT2D eigenvalue weighted by atomic mass is 19.1. The third kappa shape index (κ3) is 2.09. The van der Waals surface area contributed by atoms with Crippen LogP contribution < -0.4 is 0 Å². The summed E-state index contributed by atoms with van der Waals surface area (Å²) in [4.78, 5) is 14.0. The maximum Gasteiger partial charge on any atom is 0.525 e. The van der Waals surface area contributed by atoms with E-state index < -0.39 is 24.0 Å². The van der Waals surface area contributed by atoms with Gasteiger partial charge in [0.15, 0.2) is 0 Å². The van der Waals surface area contributed by atoms with Crippen LogP contribution in [-0.2, 0) is 14.1 Å². The Morgan fingerprint density at radius 2 is 1.80 bits per heavy atom. The Balaban J connectivity index is 1.81. The van der Waals surface area contributed by atoms with Gasteiger partial charge in [0.1, 0.15) is 5.73 Å². The number of carbonyl (C=O) groups excluding carboxylic acids is 1.